The van der Waals surface area contributed by atoms with Crippen LogP contribution in [0.4, 0.5) is 0 Å². The van der Waals surface area contributed by atoms with Crippen molar-refractivity contribution in [2.45, 2.75) is 32.1 Å². The molecule has 1 aromatic rings. The predicted octanol–water partition coefficient (Wildman–Crippen LogP) is 2.99. The summed E-state index contributed by atoms with van der Waals surface area (Å²) in [4.78, 5) is 0. The minimum Gasteiger partial charge on any atom is -0.497 e. The van der Waals surface area contributed by atoms with Crippen LogP contribution in [0.5, 0.6) is 5.75 Å². The fraction of sp³-hybridized carbons (Fsp3) is 0.625. The van der Waals surface area contributed by atoms with Gasteiger partial charge in [-0.15, -0.1) is 0 Å². The highest BCUT2D eigenvalue weighted by atomic mass is 16.5. The summed E-state index contributed by atoms with van der Waals surface area (Å²) in [5, 5.41) is 3.50. The lowest BCUT2D eigenvalue weighted by molar-refractivity contribution is 0.195. The second kappa shape index (κ2) is 8.18. The largest absolute Gasteiger partial charge is 0.497 e. The van der Waals surface area contributed by atoms with E-state index < -0.39 is 0 Å². The van der Waals surface area contributed by atoms with Crippen molar-refractivity contribution in [3.05, 3.63) is 29.8 Å². The Balaban J connectivity index is 2.78. The molecule has 0 amide bonds. The maximum Gasteiger partial charge on any atom is 0.118 e. The van der Waals surface area contributed by atoms with Crippen molar-refractivity contribution in [2.24, 2.45) is 0 Å². The van der Waals surface area contributed by atoms with E-state index in [0.717, 1.165) is 38.3 Å². The highest BCUT2D eigenvalue weighted by molar-refractivity contribution is 5.32. The molecule has 3 heteroatoms. The van der Waals surface area contributed by atoms with E-state index in [9.17, 15) is 0 Å². The van der Waals surface area contributed by atoms with Crippen LogP contribution in [0.15, 0.2) is 24.3 Å². The zero-order chi connectivity index (χ0) is 14.1. The fourth-order valence-electron chi connectivity index (χ4n) is 2.46. The summed E-state index contributed by atoms with van der Waals surface area (Å²) in [5.41, 5.74) is 1.57. The van der Waals surface area contributed by atoms with E-state index in [2.05, 4.69) is 31.3 Å². The Kier molecular flexibility index (Phi) is 6.89. The van der Waals surface area contributed by atoms with Crippen molar-refractivity contribution < 1.29 is 9.47 Å². The molecule has 1 N–H and O–H groups in total. The summed E-state index contributed by atoms with van der Waals surface area (Å²) in [6, 6.07) is 8.46. The quantitative estimate of drug-likeness (QED) is 0.696. The molecule has 0 aliphatic carbocycles. The van der Waals surface area contributed by atoms with Gasteiger partial charge in [0, 0.05) is 25.6 Å². The van der Waals surface area contributed by atoms with Crippen molar-refractivity contribution in [2.75, 3.05) is 33.9 Å². The molecule has 0 aliphatic rings. The molecule has 1 rings (SSSR count). The molecule has 0 aromatic heterocycles. The van der Waals surface area contributed by atoms with Gasteiger partial charge in [0.05, 0.1) is 13.7 Å². The summed E-state index contributed by atoms with van der Waals surface area (Å²) in [6.45, 7) is 7.15. The molecule has 0 saturated carbocycles. The zero-order valence-electron chi connectivity index (χ0n) is 12.7. The Bertz CT molecular complexity index is 344. The minimum absolute atomic E-state index is 0.194. The van der Waals surface area contributed by atoms with Crippen LogP contribution in [0.25, 0.3) is 0 Å². The van der Waals surface area contributed by atoms with E-state index in [1.807, 2.05) is 12.1 Å². The van der Waals surface area contributed by atoms with Gasteiger partial charge in [0.15, 0.2) is 0 Å². The maximum absolute atomic E-state index is 5.23. The summed E-state index contributed by atoms with van der Waals surface area (Å²) < 4.78 is 10.3. The van der Waals surface area contributed by atoms with E-state index in [1.165, 1.54) is 5.56 Å². The highest BCUT2D eigenvalue weighted by Crippen LogP contribution is 2.32. The van der Waals surface area contributed by atoms with Crippen LogP contribution >= 0.6 is 0 Å². The fourth-order valence-corrected chi connectivity index (χ4v) is 2.46. The number of rotatable bonds is 9. The third kappa shape index (κ3) is 4.22. The molecule has 0 spiro atoms. The number of hydrogen-bond acceptors (Lipinski definition) is 3. The lowest BCUT2D eigenvalue weighted by Gasteiger charge is -2.33. The normalized spacial score (nSPS) is 11.6. The van der Waals surface area contributed by atoms with Crippen molar-refractivity contribution in [1.29, 1.82) is 0 Å². The summed E-state index contributed by atoms with van der Waals surface area (Å²) in [7, 11) is 3.44. The second-order valence-corrected chi connectivity index (χ2v) is 4.89. The van der Waals surface area contributed by atoms with E-state index in [4.69, 9.17) is 9.47 Å². The van der Waals surface area contributed by atoms with Gasteiger partial charge in [-0.3, -0.25) is 0 Å². The third-order valence-corrected chi connectivity index (χ3v) is 4.00. The first-order chi connectivity index (χ1) is 9.22. The van der Waals surface area contributed by atoms with Gasteiger partial charge >= 0.3 is 0 Å². The Morgan fingerprint density at radius 1 is 1.05 bits per heavy atom. The van der Waals surface area contributed by atoms with Crippen LogP contribution in [0, 0.1) is 0 Å². The monoisotopic (exact) mass is 265 g/mol. The molecule has 19 heavy (non-hydrogen) atoms. The molecular formula is C16H27NO2. The Morgan fingerprint density at radius 2 is 1.68 bits per heavy atom. The zero-order valence-corrected chi connectivity index (χ0v) is 12.7. The van der Waals surface area contributed by atoms with Crippen LogP contribution in [0.1, 0.15) is 32.3 Å². The minimum atomic E-state index is 0.194. The lowest BCUT2D eigenvalue weighted by Crippen LogP contribution is -2.38. The molecule has 1 aromatic carbocycles. The first-order valence-electron chi connectivity index (χ1n) is 7.06. The molecule has 0 fully saturated rings. The molecule has 0 radical (unpaired) electrons. The Hall–Kier alpha value is -1.06. The van der Waals surface area contributed by atoms with Gasteiger partial charge in [-0.25, -0.2) is 0 Å². The summed E-state index contributed by atoms with van der Waals surface area (Å²) >= 11 is 0. The molecule has 0 bridgehead atoms. The van der Waals surface area contributed by atoms with Crippen LogP contribution < -0.4 is 10.1 Å². The number of hydrogen-bond donors (Lipinski definition) is 1. The van der Waals surface area contributed by atoms with Crippen molar-refractivity contribution in [3.8, 4) is 5.75 Å². The van der Waals surface area contributed by atoms with E-state index in [-0.39, 0.29) is 5.41 Å². The summed E-state index contributed by atoms with van der Waals surface area (Å²) in [6.07, 6.45) is 2.24. The molecule has 0 heterocycles. The Labute approximate surface area is 117 Å². The second-order valence-electron chi connectivity index (χ2n) is 4.89. The molecule has 3 nitrogen and oxygen atoms in total. The van der Waals surface area contributed by atoms with Gasteiger partial charge in [-0.2, -0.15) is 0 Å². The number of benzene rings is 1. The Morgan fingerprint density at radius 3 is 2.16 bits per heavy atom. The number of ether oxygens (including phenoxy) is 2. The molecule has 0 atom stereocenters. The average molecular weight is 265 g/mol. The third-order valence-electron chi connectivity index (χ3n) is 4.00. The molecular weight excluding hydrogens is 238 g/mol. The molecule has 0 saturated heterocycles. The first kappa shape index (κ1) is 16.0. The lowest BCUT2D eigenvalue weighted by atomic mass is 9.76. The van der Waals surface area contributed by atoms with Crippen molar-refractivity contribution >= 4 is 0 Å². The molecule has 0 aliphatic heterocycles. The van der Waals surface area contributed by atoms with Crippen LogP contribution in [0.3, 0.4) is 0 Å². The molecule has 0 unspecified atom stereocenters. The molecule has 108 valence electrons. The van der Waals surface area contributed by atoms with Crippen LogP contribution in [-0.4, -0.2) is 33.9 Å². The van der Waals surface area contributed by atoms with Gasteiger partial charge in [-0.05, 0) is 30.5 Å². The average Bonchev–Trinajstić information content (AvgIpc) is 2.48. The van der Waals surface area contributed by atoms with Gasteiger partial charge in [-0.1, -0.05) is 26.0 Å². The van der Waals surface area contributed by atoms with E-state index in [0.29, 0.717) is 0 Å². The first-order valence-corrected chi connectivity index (χ1v) is 7.06. The predicted molar refractivity (Wildman–Crippen MR) is 80.0 cm³/mol. The number of methoxy groups -OCH3 is 2. The highest BCUT2D eigenvalue weighted by Gasteiger charge is 2.27. The van der Waals surface area contributed by atoms with Crippen LogP contribution in [-0.2, 0) is 10.2 Å². The van der Waals surface area contributed by atoms with Crippen molar-refractivity contribution in [3.63, 3.8) is 0 Å². The maximum atomic E-state index is 5.23. The van der Waals surface area contributed by atoms with Gasteiger partial charge < -0.3 is 14.8 Å². The van der Waals surface area contributed by atoms with E-state index >= 15 is 0 Å². The van der Waals surface area contributed by atoms with Gasteiger partial charge in [0.1, 0.15) is 5.75 Å². The number of nitrogens with one attached hydrogen (secondary N) is 1. The van der Waals surface area contributed by atoms with Crippen LogP contribution in [0.2, 0.25) is 0 Å². The summed E-state index contributed by atoms with van der Waals surface area (Å²) in [5.74, 6) is 0.914. The topological polar surface area (TPSA) is 30.5 Å². The van der Waals surface area contributed by atoms with Gasteiger partial charge in [0.2, 0.25) is 0 Å². The SMILES string of the molecule is CCC(CC)(CNCCOC)c1ccc(OC)cc1. The van der Waals surface area contributed by atoms with Gasteiger partial charge in [0.25, 0.3) is 0 Å². The standard InChI is InChI=1S/C16H27NO2/c1-5-16(6-2,13-17-11-12-18-3)14-7-9-15(19-4)10-8-14/h7-10,17H,5-6,11-13H2,1-4H3. The van der Waals surface area contributed by atoms with E-state index in [1.54, 1.807) is 14.2 Å². The van der Waals surface area contributed by atoms with Crippen molar-refractivity contribution in [1.82, 2.24) is 5.32 Å². The smallest absolute Gasteiger partial charge is 0.118 e.